The number of esters is 2. The molecule has 0 aromatic carbocycles. The molecule has 0 aromatic rings. The van der Waals surface area contributed by atoms with Crippen LogP contribution in [0.25, 0.3) is 0 Å². The van der Waals surface area contributed by atoms with Crippen molar-refractivity contribution in [3.8, 4) is 0 Å². The Balaban J connectivity index is 0.000000528. The van der Waals surface area contributed by atoms with E-state index in [4.69, 9.17) is 24.8 Å². The molecule has 1 aliphatic rings. The van der Waals surface area contributed by atoms with E-state index in [0.29, 0.717) is 32.1 Å². The van der Waals surface area contributed by atoms with Crippen molar-refractivity contribution in [2.75, 3.05) is 7.11 Å². The first-order chi connectivity index (χ1) is 13.0. The molecule has 2 unspecified atom stereocenters. The second-order valence-corrected chi connectivity index (χ2v) is 6.74. The van der Waals surface area contributed by atoms with Crippen LogP contribution in [-0.2, 0) is 33.4 Å². The first-order valence-corrected chi connectivity index (χ1v) is 9.08. The largest absolute Gasteiger partial charge is 0.481 e. The number of carboxylic acid groups (broad SMARTS) is 2. The van der Waals surface area contributed by atoms with Gasteiger partial charge in [0.25, 0.3) is 0 Å². The highest BCUT2D eigenvalue weighted by atomic mass is 16.8. The van der Waals surface area contributed by atoms with Crippen LogP contribution in [0.2, 0.25) is 0 Å². The summed E-state index contributed by atoms with van der Waals surface area (Å²) in [5.74, 6) is -3.54. The molecule has 0 saturated carbocycles. The minimum atomic E-state index is -1.32. The molecule has 0 aliphatic carbocycles. The van der Waals surface area contributed by atoms with Crippen LogP contribution in [0, 0.1) is 0 Å². The SMILES string of the molecule is CC1(C)OC(=O)C(CCCCC(=O)O)O1.COC(=O)CCCCC(O)C(=O)O. The summed E-state index contributed by atoms with van der Waals surface area (Å²) >= 11 is 0. The Hall–Kier alpha value is -2.20. The first kappa shape index (κ1) is 25.8. The van der Waals surface area contributed by atoms with Crippen LogP contribution < -0.4 is 0 Å². The van der Waals surface area contributed by atoms with Gasteiger partial charge in [-0.05, 0) is 38.5 Å². The molecule has 0 spiro atoms. The molecular formula is C18H30O10. The van der Waals surface area contributed by atoms with E-state index in [9.17, 15) is 19.2 Å². The molecule has 10 heteroatoms. The number of ether oxygens (including phenoxy) is 3. The zero-order chi connectivity index (χ0) is 21.7. The lowest BCUT2D eigenvalue weighted by Crippen LogP contribution is -2.21. The highest BCUT2D eigenvalue weighted by molar-refractivity contribution is 5.76. The van der Waals surface area contributed by atoms with Gasteiger partial charge in [0.15, 0.2) is 12.2 Å². The number of hydrogen-bond donors (Lipinski definition) is 3. The number of hydrogen-bond acceptors (Lipinski definition) is 8. The van der Waals surface area contributed by atoms with Crippen LogP contribution in [0.4, 0.5) is 0 Å². The number of aliphatic hydroxyl groups is 1. The molecule has 0 bridgehead atoms. The maximum absolute atomic E-state index is 11.3. The fraction of sp³-hybridized carbons (Fsp3) is 0.778. The van der Waals surface area contributed by atoms with Gasteiger partial charge in [-0.3, -0.25) is 9.59 Å². The number of aliphatic hydroxyl groups excluding tert-OH is 1. The van der Waals surface area contributed by atoms with E-state index in [0.717, 1.165) is 0 Å². The van der Waals surface area contributed by atoms with E-state index < -0.39 is 29.9 Å². The Morgan fingerprint density at radius 2 is 1.71 bits per heavy atom. The molecule has 1 fully saturated rings. The smallest absolute Gasteiger partial charge is 0.337 e. The van der Waals surface area contributed by atoms with Gasteiger partial charge in [0, 0.05) is 26.7 Å². The summed E-state index contributed by atoms with van der Waals surface area (Å²) in [7, 11) is 1.30. The number of carbonyl (C=O) groups excluding carboxylic acids is 2. The van der Waals surface area contributed by atoms with Gasteiger partial charge in [-0.1, -0.05) is 0 Å². The molecule has 2 atom stereocenters. The van der Waals surface area contributed by atoms with Crippen molar-refractivity contribution in [3.05, 3.63) is 0 Å². The average molecular weight is 406 g/mol. The molecule has 0 amide bonds. The number of carbonyl (C=O) groups is 4. The Labute approximate surface area is 163 Å². The summed E-state index contributed by atoms with van der Waals surface area (Å²) in [5.41, 5.74) is 0. The molecule has 162 valence electrons. The Morgan fingerprint density at radius 1 is 1.11 bits per heavy atom. The molecule has 1 rings (SSSR count). The van der Waals surface area contributed by atoms with Crippen LogP contribution >= 0.6 is 0 Å². The van der Waals surface area contributed by atoms with Crippen molar-refractivity contribution < 1.29 is 48.7 Å². The Morgan fingerprint density at radius 3 is 2.18 bits per heavy atom. The maximum atomic E-state index is 11.3. The highest BCUT2D eigenvalue weighted by Crippen LogP contribution is 2.26. The summed E-state index contributed by atoms with van der Waals surface area (Å²) in [6, 6.07) is 0. The summed E-state index contributed by atoms with van der Waals surface area (Å²) in [6.45, 7) is 3.37. The molecule has 1 aliphatic heterocycles. The van der Waals surface area contributed by atoms with Crippen LogP contribution in [0.3, 0.4) is 0 Å². The standard InChI is InChI=1S/C10H16O5.C8H14O5/c1-10(2)14-7(9(13)15-10)5-3-4-6-8(11)12;1-13-7(10)5-3-2-4-6(9)8(11)12/h7H,3-6H2,1-2H3,(H,11,12);6,9H,2-5H2,1H3,(H,11,12). The number of aliphatic carboxylic acids is 2. The fourth-order valence-electron chi connectivity index (χ4n) is 2.34. The molecular weight excluding hydrogens is 376 g/mol. The highest BCUT2D eigenvalue weighted by Gasteiger charge is 2.40. The minimum absolute atomic E-state index is 0.130. The lowest BCUT2D eigenvalue weighted by atomic mass is 10.1. The second kappa shape index (κ2) is 13.1. The van der Waals surface area contributed by atoms with E-state index in [1.54, 1.807) is 13.8 Å². The average Bonchev–Trinajstić information content (AvgIpc) is 2.87. The van der Waals surface area contributed by atoms with Crippen LogP contribution in [0.1, 0.15) is 65.2 Å². The van der Waals surface area contributed by atoms with Crippen molar-refractivity contribution in [1.82, 2.24) is 0 Å². The minimum Gasteiger partial charge on any atom is -0.481 e. The number of carboxylic acids is 2. The Bertz CT molecular complexity index is 528. The third-order valence-electron chi connectivity index (χ3n) is 3.76. The molecule has 0 radical (unpaired) electrons. The molecule has 28 heavy (non-hydrogen) atoms. The van der Waals surface area contributed by atoms with Gasteiger partial charge in [-0.2, -0.15) is 0 Å². The Kier molecular flexibility index (Phi) is 12.0. The fourth-order valence-corrected chi connectivity index (χ4v) is 2.34. The van der Waals surface area contributed by atoms with Gasteiger partial charge in [0.1, 0.15) is 0 Å². The normalized spacial score (nSPS) is 18.4. The van der Waals surface area contributed by atoms with Crippen molar-refractivity contribution in [1.29, 1.82) is 0 Å². The topological polar surface area (TPSA) is 157 Å². The summed E-state index contributed by atoms with van der Waals surface area (Å²) in [6.07, 6.45) is 1.49. The van der Waals surface area contributed by atoms with Gasteiger partial charge in [-0.25, -0.2) is 9.59 Å². The molecule has 1 heterocycles. The van der Waals surface area contributed by atoms with Crippen molar-refractivity contribution in [2.45, 2.75) is 83.2 Å². The predicted octanol–water partition coefficient (Wildman–Crippen LogP) is 1.47. The van der Waals surface area contributed by atoms with Crippen molar-refractivity contribution in [2.24, 2.45) is 0 Å². The van der Waals surface area contributed by atoms with Gasteiger partial charge in [0.2, 0.25) is 5.79 Å². The van der Waals surface area contributed by atoms with Gasteiger partial charge < -0.3 is 29.5 Å². The van der Waals surface area contributed by atoms with E-state index in [2.05, 4.69) is 4.74 Å². The predicted molar refractivity (Wildman–Crippen MR) is 95.3 cm³/mol. The number of rotatable bonds is 11. The van der Waals surface area contributed by atoms with Gasteiger partial charge in [-0.15, -0.1) is 0 Å². The molecule has 3 N–H and O–H groups in total. The van der Waals surface area contributed by atoms with E-state index >= 15 is 0 Å². The van der Waals surface area contributed by atoms with Gasteiger partial charge >= 0.3 is 23.9 Å². The van der Waals surface area contributed by atoms with E-state index in [-0.39, 0.29) is 31.2 Å². The second-order valence-electron chi connectivity index (χ2n) is 6.74. The molecule has 0 aromatic heterocycles. The van der Waals surface area contributed by atoms with Gasteiger partial charge in [0.05, 0.1) is 7.11 Å². The maximum Gasteiger partial charge on any atom is 0.337 e. The summed E-state index contributed by atoms with van der Waals surface area (Å²) < 4.78 is 14.7. The van der Waals surface area contributed by atoms with Crippen LogP contribution in [-0.4, -0.2) is 64.3 Å². The van der Waals surface area contributed by atoms with Crippen LogP contribution in [0.15, 0.2) is 0 Å². The lowest BCUT2D eigenvalue weighted by molar-refractivity contribution is -0.161. The lowest BCUT2D eigenvalue weighted by Gasteiger charge is -2.15. The third kappa shape index (κ3) is 12.2. The number of cyclic esters (lactones) is 1. The number of methoxy groups -OCH3 is 1. The van der Waals surface area contributed by atoms with Crippen LogP contribution in [0.5, 0.6) is 0 Å². The van der Waals surface area contributed by atoms with Crippen molar-refractivity contribution >= 4 is 23.9 Å². The van der Waals surface area contributed by atoms with Crippen molar-refractivity contribution in [3.63, 3.8) is 0 Å². The monoisotopic (exact) mass is 406 g/mol. The number of unbranched alkanes of at least 4 members (excludes halogenated alkanes) is 2. The zero-order valence-corrected chi connectivity index (χ0v) is 16.5. The summed E-state index contributed by atoms with van der Waals surface area (Å²) in [4.78, 5) is 42.2. The third-order valence-corrected chi connectivity index (χ3v) is 3.76. The molecule has 1 saturated heterocycles. The summed E-state index contributed by atoms with van der Waals surface area (Å²) in [5, 5.41) is 25.5. The quantitative estimate of drug-likeness (QED) is 0.339. The van der Waals surface area contributed by atoms with E-state index in [1.165, 1.54) is 7.11 Å². The van der Waals surface area contributed by atoms with E-state index in [1.807, 2.05) is 0 Å². The molecule has 10 nitrogen and oxygen atoms in total. The first-order valence-electron chi connectivity index (χ1n) is 9.08. The zero-order valence-electron chi connectivity index (χ0n) is 16.5.